The Morgan fingerprint density at radius 3 is 2.41 bits per heavy atom. The predicted molar refractivity (Wildman–Crippen MR) is 82.0 cm³/mol. The summed E-state index contributed by atoms with van der Waals surface area (Å²) < 4.78 is 13.0. The minimum atomic E-state index is -0.529. The lowest BCUT2D eigenvalue weighted by Gasteiger charge is -2.42. The van der Waals surface area contributed by atoms with Gasteiger partial charge in [-0.3, -0.25) is 14.5 Å². The summed E-state index contributed by atoms with van der Waals surface area (Å²) >= 11 is 0. The van der Waals surface area contributed by atoms with E-state index in [-0.39, 0.29) is 17.6 Å². The molecule has 1 atom stereocenters. The van der Waals surface area contributed by atoms with Gasteiger partial charge in [-0.05, 0) is 38.1 Å². The van der Waals surface area contributed by atoms with Crippen molar-refractivity contribution in [1.29, 1.82) is 0 Å². The molecule has 1 aliphatic heterocycles. The Morgan fingerprint density at radius 2 is 1.86 bits per heavy atom. The molecule has 2 rings (SSSR count). The Kier molecular flexibility index (Phi) is 5.13. The molecule has 1 heterocycles. The highest BCUT2D eigenvalue weighted by molar-refractivity contribution is 5.97. The van der Waals surface area contributed by atoms with Crippen molar-refractivity contribution in [3.8, 4) is 0 Å². The van der Waals surface area contributed by atoms with Gasteiger partial charge in [-0.2, -0.15) is 0 Å². The Morgan fingerprint density at radius 1 is 1.23 bits per heavy atom. The van der Waals surface area contributed by atoms with Crippen molar-refractivity contribution in [2.24, 2.45) is 0 Å². The molecule has 0 aliphatic carbocycles. The lowest BCUT2D eigenvalue weighted by molar-refractivity contribution is -0.127. The quantitative estimate of drug-likeness (QED) is 0.910. The van der Waals surface area contributed by atoms with Gasteiger partial charge >= 0.3 is 0 Å². The number of nitrogens with one attached hydrogen (secondary N) is 1. The minimum Gasteiger partial charge on any atom is -0.357 e. The summed E-state index contributed by atoms with van der Waals surface area (Å²) in [6.45, 7) is 5.84. The summed E-state index contributed by atoms with van der Waals surface area (Å²) in [6, 6.07) is 5.20. The number of amides is 2. The maximum absolute atomic E-state index is 13.0. The first-order valence-corrected chi connectivity index (χ1v) is 7.46. The molecular formula is C16H22FN3O2. The molecule has 0 saturated carbocycles. The van der Waals surface area contributed by atoms with Gasteiger partial charge in [-0.25, -0.2) is 4.39 Å². The summed E-state index contributed by atoms with van der Waals surface area (Å²) in [5.41, 5.74) is 0.397. The fourth-order valence-electron chi connectivity index (χ4n) is 2.67. The standard InChI is InChI=1S/C16H22FN3O2/c1-11(2)19-8-9-20(14(10-19)15(21)18-3)16(22)12-4-6-13(17)7-5-12/h4-7,11,14H,8-10H2,1-3H3,(H,18,21). The van der Waals surface area contributed by atoms with Crippen LogP contribution in [0.2, 0.25) is 0 Å². The molecule has 1 saturated heterocycles. The molecule has 1 aromatic rings. The van der Waals surface area contributed by atoms with E-state index in [0.29, 0.717) is 24.7 Å². The normalized spacial score (nSPS) is 19.3. The Hall–Kier alpha value is -1.95. The van der Waals surface area contributed by atoms with Gasteiger partial charge in [-0.1, -0.05) is 0 Å². The molecule has 5 nitrogen and oxygen atoms in total. The Labute approximate surface area is 130 Å². The number of hydrogen-bond donors (Lipinski definition) is 1. The third-order valence-corrected chi connectivity index (χ3v) is 4.04. The summed E-state index contributed by atoms with van der Waals surface area (Å²) in [5, 5.41) is 2.62. The predicted octanol–water partition coefficient (Wildman–Crippen LogP) is 1.11. The van der Waals surface area contributed by atoms with E-state index >= 15 is 0 Å². The van der Waals surface area contributed by atoms with Crippen molar-refractivity contribution < 1.29 is 14.0 Å². The van der Waals surface area contributed by atoms with E-state index in [1.54, 1.807) is 11.9 Å². The topological polar surface area (TPSA) is 52.7 Å². The molecule has 1 aromatic carbocycles. The van der Waals surface area contributed by atoms with Crippen LogP contribution in [0.15, 0.2) is 24.3 Å². The molecule has 0 spiro atoms. The summed E-state index contributed by atoms with van der Waals surface area (Å²) in [5.74, 6) is -0.804. The second-order valence-corrected chi connectivity index (χ2v) is 5.72. The number of rotatable bonds is 3. The summed E-state index contributed by atoms with van der Waals surface area (Å²) in [6.07, 6.45) is 0. The lowest BCUT2D eigenvalue weighted by atomic mass is 10.1. The van der Waals surface area contributed by atoms with Crippen molar-refractivity contribution in [2.45, 2.75) is 25.9 Å². The second kappa shape index (κ2) is 6.87. The van der Waals surface area contributed by atoms with Crippen LogP contribution in [0.25, 0.3) is 0 Å². The van der Waals surface area contributed by atoms with Crippen LogP contribution < -0.4 is 5.32 Å². The number of halogens is 1. The van der Waals surface area contributed by atoms with Crippen LogP contribution in [-0.4, -0.2) is 60.4 Å². The monoisotopic (exact) mass is 307 g/mol. The molecule has 120 valence electrons. The number of nitrogens with zero attached hydrogens (tertiary/aromatic N) is 2. The molecule has 1 fully saturated rings. The molecule has 6 heteroatoms. The molecule has 0 aromatic heterocycles. The van der Waals surface area contributed by atoms with Gasteiger partial charge in [0, 0.05) is 38.3 Å². The second-order valence-electron chi connectivity index (χ2n) is 5.72. The largest absolute Gasteiger partial charge is 0.357 e. The van der Waals surface area contributed by atoms with Crippen molar-refractivity contribution in [1.82, 2.24) is 15.1 Å². The zero-order chi connectivity index (χ0) is 16.3. The highest BCUT2D eigenvalue weighted by Gasteiger charge is 2.35. The van der Waals surface area contributed by atoms with E-state index in [0.717, 1.165) is 6.54 Å². The highest BCUT2D eigenvalue weighted by atomic mass is 19.1. The molecule has 1 unspecified atom stereocenters. The van der Waals surface area contributed by atoms with E-state index in [4.69, 9.17) is 0 Å². The Balaban J connectivity index is 2.21. The molecule has 22 heavy (non-hydrogen) atoms. The van der Waals surface area contributed by atoms with Crippen molar-refractivity contribution >= 4 is 11.8 Å². The molecular weight excluding hydrogens is 285 g/mol. The van der Waals surface area contributed by atoms with Gasteiger partial charge < -0.3 is 10.2 Å². The third kappa shape index (κ3) is 3.44. The van der Waals surface area contributed by atoms with Gasteiger partial charge in [0.15, 0.2) is 0 Å². The van der Waals surface area contributed by atoms with Crippen molar-refractivity contribution in [3.05, 3.63) is 35.6 Å². The number of hydrogen-bond acceptors (Lipinski definition) is 3. The number of carbonyl (C=O) groups is 2. The van der Waals surface area contributed by atoms with Crippen LogP contribution in [0.5, 0.6) is 0 Å². The number of likely N-dealkylation sites (N-methyl/N-ethyl adjacent to an activating group) is 1. The SMILES string of the molecule is CNC(=O)C1CN(C(C)C)CCN1C(=O)c1ccc(F)cc1. The van der Waals surface area contributed by atoms with Crippen LogP contribution in [0, 0.1) is 5.82 Å². The van der Waals surface area contributed by atoms with Gasteiger partial charge in [0.1, 0.15) is 11.9 Å². The zero-order valence-electron chi connectivity index (χ0n) is 13.2. The molecule has 1 aliphatic rings. The maximum Gasteiger partial charge on any atom is 0.254 e. The third-order valence-electron chi connectivity index (χ3n) is 4.04. The van der Waals surface area contributed by atoms with E-state index in [1.165, 1.54) is 24.3 Å². The van der Waals surface area contributed by atoms with E-state index < -0.39 is 6.04 Å². The Bertz CT molecular complexity index is 545. The van der Waals surface area contributed by atoms with Gasteiger partial charge in [0.05, 0.1) is 0 Å². The smallest absolute Gasteiger partial charge is 0.254 e. The minimum absolute atomic E-state index is 0.180. The van der Waals surface area contributed by atoms with Gasteiger partial charge in [0.25, 0.3) is 5.91 Å². The first-order chi connectivity index (χ1) is 10.4. The molecule has 2 amide bonds. The zero-order valence-corrected chi connectivity index (χ0v) is 13.2. The van der Waals surface area contributed by atoms with Crippen LogP contribution in [0.3, 0.4) is 0 Å². The fraction of sp³-hybridized carbons (Fsp3) is 0.500. The number of carbonyl (C=O) groups excluding carboxylic acids is 2. The highest BCUT2D eigenvalue weighted by Crippen LogP contribution is 2.16. The molecule has 0 bridgehead atoms. The maximum atomic E-state index is 13.0. The lowest BCUT2D eigenvalue weighted by Crippen LogP contribution is -2.61. The molecule has 1 N–H and O–H groups in total. The van der Waals surface area contributed by atoms with Gasteiger partial charge in [-0.15, -0.1) is 0 Å². The number of piperazine rings is 1. The average Bonchev–Trinajstić information content (AvgIpc) is 2.53. The van der Waals surface area contributed by atoms with Crippen LogP contribution in [-0.2, 0) is 4.79 Å². The van der Waals surface area contributed by atoms with Crippen LogP contribution >= 0.6 is 0 Å². The average molecular weight is 307 g/mol. The van der Waals surface area contributed by atoms with E-state index in [9.17, 15) is 14.0 Å². The fourth-order valence-corrected chi connectivity index (χ4v) is 2.67. The first kappa shape index (κ1) is 16.4. The summed E-state index contributed by atoms with van der Waals surface area (Å²) in [7, 11) is 1.57. The summed E-state index contributed by atoms with van der Waals surface area (Å²) in [4.78, 5) is 28.5. The van der Waals surface area contributed by atoms with Crippen molar-refractivity contribution in [2.75, 3.05) is 26.7 Å². The van der Waals surface area contributed by atoms with Crippen LogP contribution in [0.4, 0.5) is 4.39 Å². The molecule has 0 radical (unpaired) electrons. The first-order valence-electron chi connectivity index (χ1n) is 7.46. The van der Waals surface area contributed by atoms with Gasteiger partial charge in [0.2, 0.25) is 5.91 Å². The van der Waals surface area contributed by atoms with Crippen molar-refractivity contribution in [3.63, 3.8) is 0 Å². The van der Waals surface area contributed by atoms with E-state index in [2.05, 4.69) is 24.1 Å². The van der Waals surface area contributed by atoms with Crippen LogP contribution in [0.1, 0.15) is 24.2 Å². The van der Waals surface area contributed by atoms with E-state index in [1.807, 2.05) is 0 Å². The number of benzene rings is 1.